The predicted molar refractivity (Wildman–Crippen MR) is 84.9 cm³/mol. The van der Waals surface area contributed by atoms with Gasteiger partial charge in [0.1, 0.15) is 5.56 Å². The number of nitro groups is 1. The van der Waals surface area contributed by atoms with Gasteiger partial charge in [0.25, 0.3) is 5.69 Å². The van der Waals surface area contributed by atoms with Gasteiger partial charge >= 0.3 is 5.97 Å². The zero-order valence-electron chi connectivity index (χ0n) is 13.5. The maximum absolute atomic E-state index is 11.8. The maximum atomic E-state index is 11.8. The molecular weight excluding hydrogens is 302 g/mol. The second-order valence-corrected chi connectivity index (χ2v) is 5.65. The summed E-state index contributed by atoms with van der Waals surface area (Å²) in [5.41, 5.74) is 0.465. The molecule has 0 saturated carbocycles. The second-order valence-electron chi connectivity index (χ2n) is 5.65. The highest BCUT2D eigenvalue weighted by Crippen LogP contribution is 2.27. The summed E-state index contributed by atoms with van der Waals surface area (Å²) in [5, 5.41) is 11.1. The molecule has 1 unspecified atom stereocenters. The molecule has 0 radical (unpaired) electrons. The molecule has 1 atom stereocenters. The number of esters is 1. The summed E-state index contributed by atoms with van der Waals surface area (Å²) < 4.78 is 10.4. The van der Waals surface area contributed by atoms with E-state index in [9.17, 15) is 14.9 Å². The van der Waals surface area contributed by atoms with Gasteiger partial charge in [-0.05, 0) is 26.2 Å². The number of carbonyl (C=O) groups excluding carboxylic acids is 1. The van der Waals surface area contributed by atoms with Gasteiger partial charge in [-0.1, -0.05) is 0 Å². The van der Waals surface area contributed by atoms with Crippen molar-refractivity contribution in [1.29, 1.82) is 0 Å². The van der Waals surface area contributed by atoms with Crippen molar-refractivity contribution in [3.63, 3.8) is 0 Å². The Morgan fingerprint density at radius 3 is 2.87 bits per heavy atom. The number of carbonyl (C=O) groups is 1. The molecule has 1 aliphatic rings. The largest absolute Gasteiger partial charge is 0.465 e. The Morgan fingerprint density at radius 2 is 2.26 bits per heavy atom. The van der Waals surface area contributed by atoms with E-state index >= 15 is 0 Å². The summed E-state index contributed by atoms with van der Waals surface area (Å²) in [6, 6.07) is 4.52. The molecule has 1 aromatic carbocycles. The summed E-state index contributed by atoms with van der Waals surface area (Å²) in [5.74, 6) is -0.711. The molecule has 0 N–H and O–H groups in total. The lowest BCUT2D eigenvalue weighted by Gasteiger charge is -2.35. The van der Waals surface area contributed by atoms with Gasteiger partial charge in [0.2, 0.25) is 0 Å². The summed E-state index contributed by atoms with van der Waals surface area (Å²) in [4.78, 5) is 26.4. The van der Waals surface area contributed by atoms with Crippen molar-refractivity contribution < 1.29 is 19.2 Å². The van der Waals surface area contributed by atoms with Gasteiger partial charge in [0, 0.05) is 31.4 Å². The van der Waals surface area contributed by atoms with E-state index in [2.05, 4.69) is 9.64 Å². The van der Waals surface area contributed by atoms with Crippen LogP contribution in [0.25, 0.3) is 0 Å². The van der Waals surface area contributed by atoms with E-state index in [0.717, 1.165) is 12.2 Å². The third-order valence-electron chi connectivity index (χ3n) is 3.65. The number of methoxy groups -OCH3 is 1. The van der Waals surface area contributed by atoms with Crippen LogP contribution >= 0.6 is 0 Å². The molecule has 1 aromatic rings. The van der Waals surface area contributed by atoms with Gasteiger partial charge in [-0.15, -0.1) is 0 Å². The first-order valence-electron chi connectivity index (χ1n) is 7.30. The molecule has 1 aliphatic heterocycles. The van der Waals surface area contributed by atoms with Crippen LogP contribution in [-0.4, -0.2) is 69.3 Å². The number of benzene rings is 1. The molecule has 0 aliphatic carbocycles. The van der Waals surface area contributed by atoms with E-state index in [1.165, 1.54) is 19.2 Å². The molecule has 8 nitrogen and oxygen atoms in total. The lowest BCUT2D eigenvalue weighted by atomic mass is 10.1. The van der Waals surface area contributed by atoms with E-state index in [1.807, 2.05) is 19.0 Å². The molecule has 126 valence electrons. The summed E-state index contributed by atoms with van der Waals surface area (Å²) in [6.07, 6.45) is 0.0514. The number of ether oxygens (including phenoxy) is 2. The Morgan fingerprint density at radius 1 is 1.52 bits per heavy atom. The Labute approximate surface area is 134 Å². The second kappa shape index (κ2) is 7.38. The fourth-order valence-corrected chi connectivity index (χ4v) is 2.62. The van der Waals surface area contributed by atoms with Crippen molar-refractivity contribution >= 4 is 17.3 Å². The van der Waals surface area contributed by atoms with Crippen LogP contribution in [0.15, 0.2) is 18.2 Å². The van der Waals surface area contributed by atoms with Crippen LogP contribution in [0.1, 0.15) is 10.4 Å². The number of morpholine rings is 1. The van der Waals surface area contributed by atoms with Gasteiger partial charge in [-0.25, -0.2) is 4.79 Å². The van der Waals surface area contributed by atoms with Crippen molar-refractivity contribution in [1.82, 2.24) is 4.90 Å². The lowest BCUT2D eigenvalue weighted by Crippen LogP contribution is -2.46. The number of likely N-dealkylation sites (N-methyl/N-ethyl adjacent to an activating group) is 1. The highest BCUT2D eigenvalue weighted by atomic mass is 16.6. The Balaban J connectivity index is 2.25. The fraction of sp³-hybridized carbons (Fsp3) is 0.533. The van der Waals surface area contributed by atoms with Gasteiger partial charge in [-0.2, -0.15) is 0 Å². The topological polar surface area (TPSA) is 85.1 Å². The third-order valence-corrected chi connectivity index (χ3v) is 3.65. The number of hydrogen-bond donors (Lipinski definition) is 0. The molecule has 1 fully saturated rings. The van der Waals surface area contributed by atoms with Crippen molar-refractivity contribution in [3.05, 3.63) is 33.9 Å². The number of nitro benzene ring substituents is 1. The molecule has 0 amide bonds. The summed E-state index contributed by atoms with van der Waals surface area (Å²) in [6.45, 7) is 2.69. The smallest absolute Gasteiger partial charge is 0.344 e. The number of hydrogen-bond acceptors (Lipinski definition) is 7. The quantitative estimate of drug-likeness (QED) is 0.456. The van der Waals surface area contributed by atoms with Crippen LogP contribution in [0, 0.1) is 10.1 Å². The van der Waals surface area contributed by atoms with Crippen LogP contribution in [0.2, 0.25) is 0 Å². The van der Waals surface area contributed by atoms with Gasteiger partial charge in [0.15, 0.2) is 0 Å². The van der Waals surface area contributed by atoms with Gasteiger partial charge < -0.3 is 19.3 Å². The minimum absolute atomic E-state index is 0.0364. The van der Waals surface area contributed by atoms with Gasteiger partial charge in [-0.3, -0.25) is 10.1 Å². The standard InChI is InChI=1S/C15H21N3O5/c1-16(2)9-12-10-17(6-7-23-12)11-4-5-14(18(20)21)13(8-11)15(19)22-3/h4-5,8,12H,6-7,9-10H2,1-3H3. The Bertz CT molecular complexity index is 590. The zero-order valence-corrected chi connectivity index (χ0v) is 13.5. The molecule has 0 aromatic heterocycles. The van der Waals surface area contributed by atoms with Crippen molar-refractivity contribution in [2.24, 2.45) is 0 Å². The SMILES string of the molecule is COC(=O)c1cc(N2CCOC(CN(C)C)C2)ccc1[N+](=O)[O-]. The van der Waals surface area contributed by atoms with E-state index in [-0.39, 0.29) is 17.4 Å². The maximum Gasteiger partial charge on any atom is 0.344 e. The van der Waals surface area contributed by atoms with Crippen molar-refractivity contribution in [3.8, 4) is 0 Å². The van der Waals surface area contributed by atoms with Crippen LogP contribution in [0.4, 0.5) is 11.4 Å². The van der Waals surface area contributed by atoms with Crippen molar-refractivity contribution in [2.45, 2.75) is 6.10 Å². The first kappa shape index (κ1) is 17.2. The first-order chi connectivity index (χ1) is 10.9. The minimum atomic E-state index is -0.711. The normalized spacial score (nSPS) is 18.1. The number of anilines is 1. The molecule has 1 saturated heterocycles. The highest BCUT2D eigenvalue weighted by Gasteiger charge is 2.25. The molecule has 0 bridgehead atoms. The zero-order chi connectivity index (χ0) is 17.0. The average Bonchev–Trinajstić information content (AvgIpc) is 2.53. The van der Waals surface area contributed by atoms with E-state index in [1.54, 1.807) is 6.07 Å². The van der Waals surface area contributed by atoms with E-state index in [0.29, 0.717) is 19.7 Å². The Hall–Kier alpha value is -2.19. The monoisotopic (exact) mass is 323 g/mol. The minimum Gasteiger partial charge on any atom is -0.465 e. The van der Waals surface area contributed by atoms with E-state index < -0.39 is 10.9 Å². The van der Waals surface area contributed by atoms with Crippen LogP contribution in [0.3, 0.4) is 0 Å². The first-order valence-corrected chi connectivity index (χ1v) is 7.30. The molecule has 23 heavy (non-hydrogen) atoms. The molecule has 2 rings (SSSR count). The van der Waals surface area contributed by atoms with Crippen LogP contribution in [-0.2, 0) is 9.47 Å². The summed E-state index contributed by atoms with van der Waals surface area (Å²) >= 11 is 0. The third kappa shape index (κ3) is 4.17. The Kier molecular flexibility index (Phi) is 5.51. The molecule has 8 heteroatoms. The van der Waals surface area contributed by atoms with Crippen LogP contribution in [0.5, 0.6) is 0 Å². The van der Waals surface area contributed by atoms with Crippen molar-refractivity contribution in [2.75, 3.05) is 52.3 Å². The average molecular weight is 323 g/mol. The van der Waals surface area contributed by atoms with E-state index in [4.69, 9.17) is 4.74 Å². The van der Waals surface area contributed by atoms with Crippen LogP contribution < -0.4 is 4.90 Å². The molecular formula is C15H21N3O5. The number of rotatable bonds is 5. The summed E-state index contributed by atoms with van der Waals surface area (Å²) in [7, 11) is 5.16. The molecule has 1 heterocycles. The predicted octanol–water partition coefficient (Wildman–Crippen LogP) is 1.15. The fourth-order valence-electron chi connectivity index (χ4n) is 2.62. The molecule has 0 spiro atoms. The highest BCUT2D eigenvalue weighted by molar-refractivity contribution is 5.95. The lowest BCUT2D eigenvalue weighted by molar-refractivity contribution is -0.385. The van der Waals surface area contributed by atoms with Gasteiger partial charge in [0.05, 0.1) is 24.7 Å². The number of nitrogens with zero attached hydrogens (tertiary/aromatic N) is 3.